The van der Waals surface area contributed by atoms with E-state index in [4.69, 9.17) is 4.74 Å². The Hall–Kier alpha value is -2.61. The van der Waals surface area contributed by atoms with Gasteiger partial charge in [-0.3, -0.25) is 9.52 Å². The van der Waals surface area contributed by atoms with Crippen LogP contribution >= 0.6 is 0 Å². The normalized spacial score (nSPS) is 16.2. The number of hydrogen-bond acceptors (Lipinski definition) is 4. The van der Waals surface area contributed by atoms with Gasteiger partial charge in [0.25, 0.3) is 10.0 Å². The number of carbonyl (C=O) groups is 1. The molecule has 0 aliphatic carbocycles. The number of nitrogens with one attached hydrogen (secondary N) is 1. The second kappa shape index (κ2) is 7.67. The van der Waals surface area contributed by atoms with Gasteiger partial charge in [0.1, 0.15) is 23.1 Å². The van der Waals surface area contributed by atoms with Gasteiger partial charge in [-0.15, -0.1) is 0 Å². The smallest absolute Gasteiger partial charge is 0.264 e. The Balaban J connectivity index is 1.98. The first-order valence-corrected chi connectivity index (χ1v) is 10.9. The van der Waals surface area contributed by atoms with Crippen LogP contribution < -0.4 is 14.4 Å². The maximum absolute atomic E-state index is 13.9. The molecule has 8 heteroatoms. The molecule has 0 bridgehead atoms. The van der Waals surface area contributed by atoms with Gasteiger partial charge in [-0.25, -0.2) is 12.8 Å². The van der Waals surface area contributed by atoms with Crippen LogP contribution in [0.25, 0.3) is 0 Å². The van der Waals surface area contributed by atoms with Gasteiger partial charge in [0.2, 0.25) is 5.91 Å². The minimum absolute atomic E-state index is 0.0513. The second-order valence-electron chi connectivity index (χ2n) is 8.20. The molecule has 0 atom stereocenters. The van der Waals surface area contributed by atoms with Crippen LogP contribution in [0.5, 0.6) is 5.75 Å². The minimum atomic E-state index is -4.11. The Bertz CT molecular complexity index is 1030. The van der Waals surface area contributed by atoms with Gasteiger partial charge < -0.3 is 9.64 Å². The maximum Gasteiger partial charge on any atom is 0.264 e. The molecule has 29 heavy (non-hydrogen) atoms. The van der Waals surface area contributed by atoms with E-state index in [1.807, 2.05) is 27.7 Å². The van der Waals surface area contributed by atoms with Crippen molar-refractivity contribution in [2.75, 3.05) is 22.8 Å². The van der Waals surface area contributed by atoms with E-state index in [2.05, 4.69) is 4.72 Å². The van der Waals surface area contributed by atoms with Crippen molar-refractivity contribution in [2.45, 2.75) is 32.6 Å². The average molecular weight is 421 g/mol. The van der Waals surface area contributed by atoms with E-state index >= 15 is 0 Å². The topological polar surface area (TPSA) is 75.7 Å². The number of nitrogens with zero attached hydrogens (tertiary/aromatic N) is 1. The minimum Gasteiger partial charge on any atom is -0.490 e. The Morgan fingerprint density at radius 2 is 1.90 bits per heavy atom. The van der Waals surface area contributed by atoms with Crippen molar-refractivity contribution in [3.63, 3.8) is 0 Å². The summed E-state index contributed by atoms with van der Waals surface area (Å²) in [6.07, 6.45) is 0. The SMILES string of the molecule is CC(C)CN1C(=O)C(C)(C)COc2cc(NS(=O)(=O)c3ccccc3F)ccc21. The first kappa shape index (κ1) is 21.1. The number of fused-ring (bicyclic) bond motifs is 1. The van der Waals surface area contributed by atoms with E-state index in [0.717, 1.165) is 6.07 Å². The van der Waals surface area contributed by atoms with Crippen LogP contribution in [0.3, 0.4) is 0 Å². The van der Waals surface area contributed by atoms with E-state index in [0.29, 0.717) is 18.0 Å². The third-order valence-corrected chi connectivity index (χ3v) is 6.00. The molecular weight excluding hydrogens is 395 g/mol. The molecule has 1 N–H and O–H groups in total. The van der Waals surface area contributed by atoms with E-state index < -0.39 is 26.2 Å². The molecule has 0 spiro atoms. The zero-order valence-corrected chi connectivity index (χ0v) is 17.7. The monoisotopic (exact) mass is 420 g/mol. The standard InChI is InChI=1S/C21H25FN2O4S/c1-14(2)12-24-17-10-9-15(11-18(17)28-13-21(3,4)20(24)25)23-29(26,27)19-8-6-5-7-16(19)22/h5-11,14,23H,12-13H2,1-4H3. The average Bonchev–Trinajstić information content (AvgIpc) is 2.72. The van der Waals surface area contributed by atoms with E-state index in [1.54, 1.807) is 17.0 Å². The molecule has 1 amide bonds. The Labute approximate surface area is 170 Å². The lowest BCUT2D eigenvalue weighted by Crippen LogP contribution is -2.43. The fourth-order valence-electron chi connectivity index (χ4n) is 3.13. The Kier molecular flexibility index (Phi) is 5.58. The Morgan fingerprint density at radius 3 is 2.55 bits per heavy atom. The largest absolute Gasteiger partial charge is 0.490 e. The third-order valence-electron chi connectivity index (χ3n) is 4.59. The zero-order valence-electron chi connectivity index (χ0n) is 16.9. The number of benzene rings is 2. The zero-order chi connectivity index (χ0) is 21.4. The van der Waals surface area contributed by atoms with Gasteiger partial charge in [0.05, 0.1) is 16.8 Å². The van der Waals surface area contributed by atoms with Crippen LogP contribution in [0.15, 0.2) is 47.4 Å². The van der Waals surface area contributed by atoms with E-state index in [9.17, 15) is 17.6 Å². The number of anilines is 2. The summed E-state index contributed by atoms with van der Waals surface area (Å²) in [5.41, 5.74) is 0.0903. The fraction of sp³-hybridized carbons (Fsp3) is 0.381. The summed E-state index contributed by atoms with van der Waals surface area (Å²) < 4.78 is 47.3. The highest BCUT2D eigenvalue weighted by atomic mass is 32.2. The summed E-state index contributed by atoms with van der Waals surface area (Å²) in [6.45, 7) is 8.34. The van der Waals surface area contributed by atoms with Gasteiger partial charge in [-0.1, -0.05) is 26.0 Å². The summed E-state index contributed by atoms with van der Waals surface area (Å²) in [5, 5.41) is 0. The maximum atomic E-state index is 13.9. The lowest BCUT2D eigenvalue weighted by Gasteiger charge is -2.29. The molecule has 2 aromatic rings. The number of halogens is 1. The van der Waals surface area contributed by atoms with Crippen molar-refractivity contribution in [1.82, 2.24) is 0 Å². The summed E-state index contributed by atoms with van der Waals surface area (Å²) >= 11 is 0. The first-order chi connectivity index (χ1) is 13.5. The number of hydrogen-bond donors (Lipinski definition) is 1. The van der Waals surface area contributed by atoms with Crippen molar-refractivity contribution in [1.29, 1.82) is 0 Å². The van der Waals surface area contributed by atoms with Gasteiger partial charge in [0, 0.05) is 12.6 Å². The molecule has 2 aromatic carbocycles. The molecule has 1 heterocycles. The van der Waals surface area contributed by atoms with Crippen LogP contribution in [0, 0.1) is 17.2 Å². The van der Waals surface area contributed by atoms with Gasteiger partial charge >= 0.3 is 0 Å². The summed E-state index contributed by atoms with van der Waals surface area (Å²) in [6, 6.07) is 9.88. The highest BCUT2D eigenvalue weighted by molar-refractivity contribution is 7.92. The van der Waals surface area contributed by atoms with Crippen molar-refractivity contribution in [3.8, 4) is 5.75 Å². The predicted molar refractivity (Wildman–Crippen MR) is 110 cm³/mol. The molecule has 1 aliphatic heterocycles. The number of ether oxygens (including phenoxy) is 1. The quantitative estimate of drug-likeness (QED) is 0.792. The molecule has 0 saturated heterocycles. The van der Waals surface area contributed by atoms with Crippen LogP contribution in [0.2, 0.25) is 0 Å². The van der Waals surface area contributed by atoms with E-state index in [1.165, 1.54) is 24.3 Å². The lowest BCUT2D eigenvalue weighted by molar-refractivity contribution is -0.127. The van der Waals surface area contributed by atoms with Gasteiger partial charge in [-0.05, 0) is 44.0 Å². The molecule has 0 unspecified atom stereocenters. The number of rotatable bonds is 5. The van der Waals surface area contributed by atoms with Crippen molar-refractivity contribution < 1.29 is 22.3 Å². The Morgan fingerprint density at radius 1 is 1.21 bits per heavy atom. The van der Waals surface area contributed by atoms with Crippen molar-refractivity contribution in [2.24, 2.45) is 11.3 Å². The van der Waals surface area contributed by atoms with Gasteiger partial charge in [-0.2, -0.15) is 0 Å². The summed E-state index contributed by atoms with van der Waals surface area (Å²) in [5.74, 6) is -0.246. The highest BCUT2D eigenvalue weighted by Crippen LogP contribution is 2.39. The van der Waals surface area contributed by atoms with Crippen LogP contribution in [0.4, 0.5) is 15.8 Å². The first-order valence-electron chi connectivity index (χ1n) is 9.37. The highest BCUT2D eigenvalue weighted by Gasteiger charge is 2.38. The summed E-state index contributed by atoms with van der Waals surface area (Å²) in [4.78, 5) is 14.2. The van der Waals surface area contributed by atoms with E-state index in [-0.39, 0.29) is 24.1 Å². The molecule has 6 nitrogen and oxygen atoms in total. The van der Waals surface area contributed by atoms with Crippen LogP contribution in [-0.4, -0.2) is 27.5 Å². The molecule has 0 aromatic heterocycles. The van der Waals surface area contributed by atoms with Gasteiger partial charge in [0.15, 0.2) is 0 Å². The van der Waals surface area contributed by atoms with Crippen molar-refractivity contribution >= 4 is 27.3 Å². The molecule has 3 rings (SSSR count). The van der Waals surface area contributed by atoms with Crippen LogP contribution in [0.1, 0.15) is 27.7 Å². The lowest BCUT2D eigenvalue weighted by atomic mass is 9.92. The second-order valence-corrected chi connectivity index (χ2v) is 9.85. The fourth-order valence-corrected chi connectivity index (χ4v) is 4.26. The molecule has 156 valence electrons. The molecular formula is C21H25FN2O4S. The molecule has 0 saturated carbocycles. The van der Waals surface area contributed by atoms with Crippen molar-refractivity contribution in [3.05, 3.63) is 48.3 Å². The molecule has 0 fully saturated rings. The molecule has 1 aliphatic rings. The number of carbonyl (C=O) groups excluding carboxylic acids is 1. The van der Waals surface area contributed by atoms with Crippen LogP contribution in [-0.2, 0) is 14.8 Å². The summed E-state index contributed by atoms with van der Waals surface area (Å²) in [7, 11) is -4.11. The third kappa shape index (κ3) is 4.37. The predicted octanol–water partition coefficient (Wildman–Crippen LogP) is 4.03. The number of sulfonamides is 1. The number of amides is 1. The molecule has 0 radical (unpaired) electrons.